The molecule has 0 fully saturated rings. The van der Waals surface area contributed by atoms with Crippen LogP contribution in [0, 0.1) is 11.6 Å². The van der Waals surface area contributed by atoms with E-state index in [9.17, 15) is 13.6 Å². The standard InChI is InChI=1S/C15H18F2N2OS/c1-3-4-7-19(2)9-13-14(18-15(20)21-13)10-5-6-11(16)12(17)8-10/h5-6,8H,3-4,7,9H2,1-2H3,(H,18,20). The van der Waals surface area contributed by atoms with E-state index in [0.717, 1.165) is 47.7 Å². The van der Waals surface area contributed by atoms with Crippen molar-refractivity contribution in [2.45, 2.75) is 26.3 Å². The van der Waals surface area contributed by atoms with E-state index in [4.69, 9.17) is 0 Å². The Morgan fingerprint density at radius 1 is 1.29 bits per heavy atom. The van der Waals surface area contributed by atoms with Gasteiger partial charge in [-0.25, -0.2) is 8.78 Å². The number of aromatic amines is 1. The van der Waals surface area contributed by atoms with Crippen LogP contribution in [-0.2, 0) is 6.54 Å². The van der Waals surface area contributed by atoms with Gasteiger partial charge in [0.2, 0.25) is 0 Å². The summed E-state index contributed by atoms with van der Waals surface area (Å²) >= 11 is 1.11. The largest absolute Gasteiger partial charge is 0.312 e. The zero-order valence-corrected chi connectivity index (χ0v) is 12.9. The van der Waals surface area contributed by atoms with Crippen molar-refractivity contribution < 1.29 is 8.78 Å². The smallest absolute Gasteiger partial charge is 0.305 e. The number of thiazole rings is 1. The molecule has 0 radical (unpaired) electrons. The minimum absolute atomic E-state index is 0.186. The first-order valence-electron chi connectivity index (χ1n) is 6.87. The summed E-state index contributed by atoms with van der Waals surface area (Å²) in [5, 5.41) is 0. The summed E-state index contributed by atoms with van der Waals surface area (Å²) in [5.74, 6) is -1.80. The number of H-pyrrole nitrogens is 1. The van der Waals surface area contributed by atoms with Crippen LogP contribution in [-0.4, -0.2) is 23.5 Å². The van der Waals surface area contributed by atoms with E-state index < -0.39 is 11.6 Å². The van der Waals surface area contributed by atoms with Gasteiger partial charge >= 0.3 is 4.87 Å². The number of nitrogens with one attached hydrogen (secondary N) is 1. The minimum atomic E-state index is -0.912. The highest BCUT2D eigenvalue weighted by atomic mass is 32.1. The Kier molecular flexibility index (Phi) is 5.25. The van der Waals surface area contributed by atoms with Crippen molar-refractivity contribution >= 4 is 11.3 Å². The molecular weight excluding hydrogens is 294 g/mol. The second-order valence-electron chi connectivity index (χ2n) is 5.03. The summed E-state index contributed by atoms with van der Waals surface area (Å²) in [5.41, 5.74) is 1.07. The average molecular weight is 312 g/mol. The number of nitrogens with zero attached hydrogens (tertiary/aromatic N) is 1. The third-order valence-electron chi connectivity index (χ3n) is 3.24. The molecule has 2 rings (SSSR count). The second kappa shape index (κ2) is 6.95. The molecule has 0 unspecified atom stereocenters. The lowest BCUT2D eigenvalue weighted by Crippen LogP contribution is -2.18. The van der Waals surface area contributed by atoms with E-state index in [1.54, 1.807) is 0 Å². The molecule has 0 spiro atoms. The summed E-state index contributed by atoms with van der Waals surface area (Å²) in [6, 6.07) is 3.67. The van der Waals surface area contributed by atoms with Crippen LogP contribution in [0.2, 0.25) is 0 Å². The van der Waals surface area contributed by atoms with Gasteiger partial charge in [-0.3, -0.25) is 4.79 Å². The van der Waals surface area contributed by atoms with Gasteiger partial charge in [0.15, 0.2) is 11.6 Å². The topological polar surface area (TPSA) is 36.1 Å². The van der Waals surface area contributed by atoms with Crippen LogP contribution in [0.3, 0.4) is 0 Å². The summed E-state index contributed by atoms with van der Waals surface area (Å²) in [6.45, 7) is 3.66. The molecule has 1 N–H and O–H groups in total. The third-order valence-corrected chi connectivity index (χ3v) is 4.10. The summed E-state index contributed by atoms with van der Waals surface area (Å²) in [6.07, 6.45) is 2.18. The molecule has 0 atom stereocenters. The van der Waals surface area contributed by atoms with Gasteiger partial charge < -0.3 is 9.88 Å². The molecule has 21 heavy (non-hydrogen) atoms. The second-order valence-corrected chi connectivity index (χ2v) is 6.10. The van der Waals surface area contributed by atoms with Crippen LogP contribution >= 0.6 is 11.3 Å². The molecule has 6 heteroatoms. The first-order chi connectivity index (χ1) is 10.0. The van der Waals surface area contributed by atoms with Crippen molar-refractivity contribution in [3.63, 3.8) is 0 Å². The van der Waals surface area contributed by atoms with Crippen molar-refractivity contribution in [2.75, 3.05) is 13.6 Å². The highest BCUT2D eigenvalue weighted by Crippen LogP contribution is 2.25. The number of rotatable bonds is 6. The van der Waals surface area contributed by atoms with E-state index in [2.05, 4.69) is 16.8 Å². The molecule has 1 aromatic carbocycles. The Hall–Kier alpha value is -1.53. The highest BCUT2D eigenvalue weighted by Gasteiger charge is 2.14. The maximum Gasteiger partial charge on any atom is 0.305 e. The number of aromatic nitrogens is 1. The van der Waals surface area contributed by atoms with Gasteiger partial charge in [0.1, 0.15) is 0 Å². The number of hydrogen-bond donors (Lipinski definition) is 1. The molecule has 0 saturated carbocycles. The van der Waals surface area contributed by atoms with Gasteiger partial charge in [-0.15, -0.1) is 0 Å². The van der Waals surface area contributed by atoms with Gasteiger partial charge in [0.05, 0.1) is 5.69 Å². The molecule has 0 aliphatic rings. The zero-order chi connectivity index (χ0) is 15.4. The zero-order valence-electron chi connectivity index (χ0n) is 12.1. The molecule has 0 saturated heterocycles. The first kappa shape index (κ1) is 15.9. The third kappa shape index (κ3) is 3.98. The lowest BCUT2D eigenvalue weighted by molar-refractivity contribution is 0.324. The van der Waals surface area contributed by atoms with E-state index in [-0.39, 0.29) is 4.87 Å². The van der Waals surface area contributed by atoms with Crippen LogP contribution in [0.5, 0.6) is 0 Å². The molecule has 0 bridgehead atoms. The van der Waals surface area contributed by atoms with Crippen LogP contribution in [0.15, 0.2) is 23.0 Å². The number of hydrogen-bond acceptors (Lipinski definition) is 3. The summed E-state index contributed by atoms with van der Waals surface area (Å²) in [7, 11) is 1.98. The van der Waals surface area contributed by atoms with Crippen molar-refractivity contribution in [3.05, 3.63) is 44.4 Å². The molecule has 0 aliphatic carbocycles. The quantitative estimate of drug-likeness (QED) is 0.884. The maximum absolute atomic E-state index is 13.4. The lowest BCUT2D eigenvalue weighted by atomic mass is 10.1. The Morgan fingerprint density at radius 3 is 2.71 bits per heavy atom. The van der Waals surface area contributed by atoms with Crippen LogP contribution in [0.4, 0.5) is 8.78 Å². The molecule has 0 amide bonds. The average Bonchev–Trinajstić information content (AvgIpc) is 2.80. The van der Waals surface area contributed by atoms with E-state index in [1.165, 1.54) is 6.07 Å². The fourth-order valence-corrected chi connectivity index (χ4v) is 3.04. The van der Waals surface area contributed by atoms with E-state index in [1.807, 2.05) is 7.05 Å². The fraction of sp³-hybridized carbons (Fsp3) is 0.400. The Morgan fingerprint density at radius 2 is 2.05 bits per heavy atom. The monoisotopic (exact) mass is 312 g/mol. The molecule has 3 nitrogen and oxygen atoms in total. The number of unbranched alkanes of at least 4 members (excludes halogenated alkanes) is 1. The Labute approximate surface area is 126 Å². The van der Waals surface area contributed by atoms with Gasteiger partial charge in [0.25, 0.3) is 0 Å². The van der Waals surface area contributed by atoms with Gasteiger partial charge in [0, 0.05) is 17.0 Å². The number of halogens is 2. The molecule has 2 aromatic rings. The molecular formula is C15H18F2N2OS. The van der Waals surface area contributed by atoms with Crippen molar-refractivity contribution in [2.24, 2.45) is 0 Å². The molecule has 1 heterocycles. The van der Waals surface area contributed by atoms with E-state index in [0.29, 0.717) is 17.8 Å². The van der Waals surface area contributed by atoms with E-state index >= 15 is 0 Å². The van der Waals surface area contributed by atoms with Crippen molar-refractivity contribution in [1.82, 2.24) is 9.88 Å². The molecule has 114 valence electrons. The number of benzene rings is 1. The van der Waals surface area contributed by atoms with Gasteiger partial charge in [-0.1, -0.05) is 24.7 Å². The molecule has 0 aliphatic heterocycles. The molecule has 1 aromatic heterocycles. The normalized spacial score (nSPS) is 11.3. The summed E-state index contributed by atoms with van der Waals surface area (Å²) in [4.78, 5) is 17.1. The predicted molar refractivity (Wildman–Crippen MR) is 81.5 cm³/mol. The van der Waals surface area contributed by atoms with Crippen LogP contribution in [0.1, 0.15) is 24.6 Å². The SMILES string of the molecule is CCCCN(C)Cc1sc(=O)[nH]c1-c1ccc(F)c(F)c1. The predicted octanol–water partition coefficient (Wildman–Crippen LogP) is 3.61. The minimum Gasteiger partial charge on any atom is -0.312 e. The van der Waals surface area contributed by atoms with Crippen LogP contribution in [0.25, 0.3) is 11.3 Å². The maximum atomic E-state index is 13.4. The summed E-state index contributed by atoms with van der Waals surface area (Å²) < 4.78 is 26.4. The van der Waals surface area contributed by atoms with Gasteiger partial charge in [-0.05, 0) is 38.2 Å². The van der Waals surface area contributed by atoms with Crippen LogP contribution < -0.4 is 4.87 Å². The Bertz CT molecular complexity index is 666. The Balaban J connectivity index is 2.27. The fourth-order valence-electron chi connectivity index (χ4n) is 2.11. The van der Waals surface area contributed by atoms with Crippen molar-refractivity contribution in [3.8, 4) is 11.3 Å². The lowest BCUT2D eigenvalue weighted by Gasteiger charge is -2.15. The first-order valence-corrected chi connectivity index (χ1v) is 7.69. The van der Waals surface area contributed by atoms with Gasteiger partial charge in [-0.2, -0.15) is 0 Å². The van der Waals surface area contributed by atoms with Crippen molar-refractivity contribution in [1.29, 1.82) is 0 Å². The highest BCUT2D eigenvalue weighted by molar-refractivity contribution is 7.09.